The van der Waals surface area contributed by atoms with Crippen LogP contribution in [0.25, 0.3) is 0 Å². The van der Waals surface area contributed by atoms with Crippen molar-refractivity contribution in [2.75, 3.05) is 25.1 Å². The molecular weight excluding hydrogens is 300 g/mol. The standard InChI is InChI=1S/C16H24N2O3S/c1-13(14-7-5-4-6-8-14)18(3)11-15(19)17-16(2)9-10-22(20,21)12-16/h4-8,13H,9-12H2,1-3H3,(H,17,19)/t13-,16+/m1/s1. The van der Waals surface area contributed by atoms with Gasteiger partial charge in [-0.1, -0.05) is 30.3 Å². The van der Waals surface area contributed by atoms with Crippen LogP contribution in [0.15, 0.2) is 30.3 Å². The number of benzene rings is 1. The van der Waals surface area contributed by atoms with Gasteiger partial charge in [0, 0.05) is 6.04 Å². The maximum Gasteiger partial charge on any atom is 0.234 e. The van der Waals surface area contributed by atoms with E-state index in [-0.39, 0.29) is 30.0 Å². The van der Waals surface area contributed by atoms with Crippen LogP contribution in [0.5, 0.6) is 0 Å². The normalized spacial score (nSPS) is 25.1. The van der Waals surface area contributed by atoms with Crippen LogP contribution in [0.4, 0.5) is 0 Å². The van der Waals surface area contributed by atoms with E-state index in [2.05, 4.69) is 5.32 Å². The molecule has 1 aliphatic heterocycles. The van der Waals surface area contributed by atoms with Gasteiger partial charge in [0.2, 0.25) is 5.91 Å². The van der Waals surface area contributed by atoms with Crippen LogP contribution in [0.1, 0.15) is 31.9 Å². The molecule has 1 aromatic carbocycles. The van der Waals surface area contributed by atoms with E-state index in [1.807, 2.05) is 49.2 Å². The molecule has 0 unspecified atom stereocenters. The van der Waals surface area contributed by atoms with Gasteiger partial charge in [0.05, 0.1) is 23.6 Å². The summed E-state index contributed by atoms with van der Waals surface area (Å²) >= 11 is 0. The van der Waals surface area contributed by atoms with Crippen LogP contribution in [0.3, 0.4) is 0 Å². The Morgan fingerprint density at radius 3 is 2.55 bits per heavy atom. The van der Waals surface area contributed by atoms with E-state index in [9.17, 15) is 13.2 Å². The fourth-order valence-corrected chi connectivity index (χ4v) is 4.93. The fraction of sp³-hybridized carbons (Fsp3) is 0.562. The molecule has 0 spiro atoms. The second-order valence-corrected chi connectivity index (χ2v) is 8.64. The third-order valence-corrected chi connectivity index (χ3v) is 6.18. The zero-order chi connectivity index (χ0) is 16.4. The number of likely N-dealkylation sites (N-methyl/N-ethyl adjacent to an activating group) is 1. The number of hydrogen-bond acceptors (Lipinski definition) is 4. The molecule has 0 bridgehead atoms. The summed E-state index contributed by atoms with van der Waals surface area (Å²) in [7, 11) is -1.12. The Kier molecular flexibility index (Phi) is 4.92. The largest absolute Gasteiger partial charge is 0.349 e. The predicted octanol–water partition coefficient (Wildman–Crippen LogP) is 1.37. The van der Waals surface area contributed by atoms with E-state index >= 15 is 0 Å². The lowest BCUT2D eigenvalue weighted by Gasteiger charge is -2.28. The summed E-state index contributed by atoms with van der Waals surface area (Å²) in [5.41, 5.74) is 0.514. The Balaban J connectivity index is 1.92. The molecule has 1 N–H and O–H groups in total. The number of amides is 1. The fourth-order valence-electron chi connectivity index (χ4n) is 2.83. The van der Waals surface area contributed by atoms with Gasteiger partial charge in [-0.05, 0) is 32.9 Å². The molecule has 22 heavy (non-hydrogen) atoms. The minimum Gasteiger partial charge on any atom is -0.349 e. The molecule has 0 saturated carbocycles. The molecule has 0 aliphatic carbocycles. The molecule has 1 heterocycles. The number of sulfone groups is 1. The zero-order valence-electron chi connectivity index (χ0n) is 13.4. The van der Waals surface area contributed by atoms with Gasteiger partial charge in [0.25, 0.3) is 0 Å². The van der Waals surface area contributed by atoms with Crippen LogP contribution in [-0.2, 0) is 14.6 Å². The van der Waals surface area contributed by atoms with Crippen molar-refractivity contribution < 1.29 is 13.2 Å². The van der Waals surface area contributed by atoms with Crippen LogP contribution >= 0.6 is 0 Å². The highest BCUT2D eigenvalue weighted by Gasteiger charge is 2.39. The average Bonchev–Trinajstić information content (AvgIpc) is 2.72. The quantitative estimate of drug-likeness (QED) is 0.888. The highest BCUT2D eigenvalue weighted by Crippen LogP contribution is 2.23. The van der Waals surface area contributed by atoms with Gasteiger partial charge in [-0.2, -0.15) is 0 Å². The van der Waals surface area contributed by atoms with E-state index in [4.69, 9.17) is 0 Å². The topological polar surface area (TPSA) is 66.5 Å². The maximum atomic E-state index is 12.2. The first kappa shape index (κ1) is 17.0. The number of carbonyl (C=O) groups is 1. The first-order valence-electron chi connectivity index (χ1n) is 7.47. The third-order valence-electron chi connectivity index (χ3n) is 4.28. The molecule has 5 nitrogen and oxygen atoms in total. The highest BCUT2D eigenvalue weighted by atomic mass is 32.2. The number of rotatable bonds is 5. The van der Waals surface area contributed by atoms with Crippen LogP contribution in [0, 0.1) is 0 Å². The van der Waals surface area contributed by atoms with Crippen molar-refractivity contribution in [3.05, 3.63) is 35.9 Å². The monoisotopic (exact) mass is 324 g/mol. The number of nitrogens with one attached hydrogen (secondary N) is 1. The Morgan fingerprint density at radius 1 is 1.36 bits per heavy atom. The predicted molar refractivity (Wildman–Crippen MR) is 87.3 cm³/mol. The van der Waals surface area contributed by atoms with E-state index in [1.54, 1.807) is 6.92 Å². The smallest absolute Gasteiger partial charge is 0.234 e. The first-order valence-corrected chi connectivity index (χ1v) is 9.30. The molecule has 1 aliphatic rings. The summed E-state index contributed by atoms with van der Waals surface area (Å²) in [6, 6.07) is 10.1. The second kappa shape index (κ2) is 6.38. The van der Waals surface area contributed by atoms with E-state index in [0.29, 0.717) is 6.42 Å². The average molecular weight is 324 g/mol. The van der Waals surface area contributed by atoms with E-state index in [0.717, 1.165) is 5.56 Å². The van der Waals surface area contributed by atoms with E-state index in [1.165, 1.54) is 0 Å². The highest BCUT2D eigenvalue weighted by molar-refractivity contribution is 7.91. The lowest BCUT2D eigenvalue weighted by Crippen LogP contribution is -2.50. The van der Waals surface area contributed by atoms with E-state index < -0.39 is 15.4 Å². The van der Waals surface area contributed by atoms with Crippen molar-refractivity contribution in [1.82, 2.24) is 10.2 Å². The van der Waals surface area contributed by atoms with Crippen molar-refractivity contribution in [3.63, 3.8) is 0 Å². The molecule has 1 saturated heterocycles. The molecule has 6 heteroatoms. The maximum absolute atomic E-state index is 12.2. The van der Waals surface area contributed by atoms with Gasteiger partial charge in [0.1, 0.15) is 0 Å². The van der Waals surface area contributed by atoms with Gasteiger partial charge in [-0.3, -0.25) is 9.69 Å². The molecule has 0 aromatic heterocycles. The SMILES string of the molecule is C[C@H](c1ccccc1)N(C)CC(=O)N[C@@]1(C)CCS(=O)(=O)C1. The van der Waals surface area contributed by atoms with Gasteiger partial charge in [-0.15, -0.1) is 0 Å². The van der Waals surface area contributed by atoms with Crippen molar-refractivity contribution in [2.45, 2.75) is 31.8 Å². The summed E-state index contributed by atoms with van der Waals surface area (Å²) < 4.78 is 23.2. The lowest BCUT2D eigenvalue weighted by atomic mass is 10.0. The molecule has 122 valence electrons. The van der Waals surface area contributed by atoms with Crippen LogP contribution in [0.2, 0.25) is 0 Å². The molecule has 2 atom stereocenters. The van der Waals surface area contributed by atoms with Gasteiger partial charge in [0.15, 0.2) is 9.84 Å². The summed E-state index contributed by atoms with van der Waals surface area (Å²) in [4.78, 5) is 14.2. The number of carbonyl (C=O) groups excluding carboxylic acids is 1. The summed E-state index contributed by atoms with van der Waals surface area (Å²) in [5, 5.41) is 2.89. The number of nitrogens with zero attached hydrogens (tertiary/aromatic N) is 1. The zero-order valence-corrected chi connectivity index (χ0v) is 14.2. The van der Waals surface area contributed by atoms with Crippen LogP contribution < -0.4 is 5.32 Å². The molecule has 1 aromatic rings. The molecule has 2 rings (SSSR count). The van der Waals surface area contributed by atoms with Crippen LogP contribution in [-0.4, -0.2) is 49.9 Å². The summed E-state index contributed by atoms with van der Waals surface area (Å²) in [6.45, 7) is 4.09. The third kappa shape index (κ3) is 4.30. The molecule has 1 fully saturated rings. The summed E-state index contributed by atoms with van der Waals surface area (Å²) in [5.74, 6) is 0.0499. The van der Waals surface area contributed by atoms with Crippen molar-refractivity contribution in [1.29, 1.82) is 0 Å². The lowest BCUT2D eigenvalue weighted by molar-refractivity contribution is -0.123. The van der Waals surface area contributed by atoms with Crippen molar-refractivity contribution in [2.24, 2.45) is 0 Å². The van der Waals surface area contributed by atoms with Gasteiger partial charge < -0.3 is 5.32 Å². The Labute approximate surface area is 132 Å². The Hall–Kier alpha value is -1.40. The Morgan fingerprint density at radius 2 is 2.00 bits per heavy atom. The molecule has 1 amide bonds. The first-order chi connectivity index (χ1) is 10.2. The summed E-state index contributed by atoms with van der Waals surface area (Å²) in [6.07, 6.45) is 0.485. The second-order valence-electron chi connectivity index (χ2n) is 6.45. The molecular formula is C16H24N2O3S. The van der Waals surface area contributed by atoms with Crippen molar-refractivity contribution >= 4 is 15.7 Å². The van der Waals surface area contributed by atoms with Gasteiger partial charge >= 0.3 is 0 Å². The van der Waals surface area contributed by atoms with Gasteiger partial charge in [-0.25, -0.2) is 8.42 Å². The molecule has 0 radical (unpaired) electrons. The Bertz CT molecular complexity index is 630. The minimum atomic E-state index is -3.02. The number of hydrogen-bond donors (Lipinski definition) is 1. The minimum absolute atomic E-state index is 0.0314. The van der Waals surface area contributed by atoms with Crippen molar-refractivity contribution in [3.8, 4) is 0 Å².